The lowest BCUT2D eigenvalue weighted by Crippen LogP contribution is -2.48. The van der Waals surface area contributed by atoms with Crippen LogP contribution in [-0.4, -0.2) is 54.5 Å². The van der Waals surface area contributed by atoms with Gasteiger partial charge in [-0.3, -0.25) is 4.90 Å². The Morgan fingerprint density at radius 2 is 2.04 bits per heavy atom. The van der Waals surface area contributed by atoms with Crippen molar-refractivity contribution >= 4 is 0 Å². The van der Waals surface area contributed by atoms with E-state index in [1.165, 1.54) is 25.3 Å². The molecule has 1 aliphatic heterocycles. The van der Waals surface area contributed by atoms with Crippen molar-refractivity contribution in [1.82, 2.24) is 9.88 Å². The van der Waals surface area contributed by atoms with Gasteiger partial charge in [-0.2, -0.15) is 0 Å². The molecule has 2 heterocycles. The molecular weight excluding hydrogens is 339 g/mol. The second-order valence-corrected chi connectivity index (χ2v) is 6.21. The molecule has 26 heavy (non-hydrogen) atoms. The second-order valence-electron chi connectivity index (χ2n) is 6.21. The predicted molar refractivity (Wildman–Crippen MR) is 94.1 cm³/mol. The summed E-state index contributed by atoms with van der Waals surface area (Å²) < 4.78 is 29.5. The molecule has 0 amide bonds. The summed E-state index contributed by atoms with van der Waals surface area (Å²) in [6, 6.07) is 9.73. The minimum Gasteiger partial charge on any atom is -0.493 e. The number of halogens is 1. The topological polar surface area (TPSA) is 64.1 Å². The fraction of sp³-hybridized carbons (Fsp3) is 0.421. The van der Waals surface area contributed by atoms with Gasteiger partial charge in [0.2, 0.25) is 5.88 Å². The zero-order valence-electron chi connectivity index (χ0n) is 14.9. The summed E-state index contributed by atoms with van der Waals surface area (Å²) >= 11 is 0. The largest absolute Gasteiger partial charge is 0.493 e. The van der Waals surface area contributed by atoms with E-state index in [2.05, 4.69) is 9.88 Å². The van der Waals surface area contributed by atoms with Crippen molar-refractivity contribution in [2.75, 3.05) is 27.3 Å². The minimum atomic E-state index is -0.663. The molecule has 1 N–H and O–H groups in total. The molecule has 1 aromatic carbocycles. The van der Waals surface area contributed by atoms with Gasteiger partial charge in [-0.1, -0.05) is 6.07 Å². The molecule has 6 nitrogen and oxygen atoms in total. The molecule has 140 valence electrons. The summed E-state index contributed by atoms with van der Waals surface area (Å²) in [6.07, 6.45) is -0.390. The summed E-state index contributed by atoms with van der Waals surface area (Å²) in [5.74, 6) is 0.932. The van der Waals surface area contributed by atoms with E-state index >= 15 is 0 Å². The summed E-state index contributed by atoms with van der Waals surface area (Å²) in [7, 11) is 3.05. The lowest BCUT2D eigenvalue weighted by Gasteiger charge is -2.35. The summed E-state index contributed by atoms with van der Waals surface area (Å²) in [4.78, 5) is 6.52. The Kier molecular flexibility index (Phi) is 5.90. The number of pyridine rings is 1. The third-order valence-electron chi connectivity index (χ3n) is 4.38. The van der Waals surface area contributed by atoms with Crippen LogP contribution in [0, 0.1) is 5.82 Å². The first-order valence-corrected chi connectivity index (χ1v) is 8.49. The van der Waals surface area contributed by atoms with Crippen molar-refractivity contribution in [3.05, 3.63) is 47.9 Å². The molecule has 2 aromatic rings. The number of aromatic nitrogens is 1. The monoisotopic (exact) mass is 362 g/mol. The van der Waals surface area contributed by atoms with E-state index in [1.54, 1.807) is 13.2 Å². The molecule has 3 rings (SSSR count). The fourth-order valence-corrected chi connectivity index (χ4v) is 3.05. The SMILES string of the molecule is COc1cccc(CN2CC[C@@H](Oc3ccc(F)cc3OC)[C@H](O)C2)n1. The molecule has 1 aromatic heterocycles. The lowest BCUT2D eigenvalue weighted by atomic mass is 10.0. The zero-order chi connectivity index (χ0) is 18.5. The quantitative estimate of drug-likeness (QED) is 0.850. The Morgan fingerprint density at radius 3 is 2.77 bits per heavy atom. The van der Waals surface area contributed by atoms with Crippen molar-refractivity contribution < 1.29 is 23.7 Å². The number of ether oxygens (including phenoxy) is 3. The van der Waals surface area contributed by atoms with Crippen molar-refractivity contribution in [3.8, 4) is 17.4 Å². The number of hydrogen-bond donors (Lipinski definition) is 1. The maximum Gasteiger partial charge on any atom is 0.213 e. The zero-order valence-corrected chi connectivity index (χ0v) is 14.9. The van der Waals surface area contributed by atoms with Crippen molar-refractivity contribution in [2.24, 2.45) is 0 Å². The van der Waals surface area contributed by atoms with Crippen LogP contribution in [0.15, 0.2) is 36.4 Å². The Hall–Kier alpha value is -2.38. The number of rotatable bonds is 6. The molecular formula is C19H23FN2O4. The van der Waals surface area contributed by atoms with Crippen molar-refractivity contribution in [2.45, 2.75) is 25.2 Å². The van der Waals surface area contributed by atoms with Crippen LogP contribution in [0.1, 0.15) is 12.1 Å². The van der Waals surface area contributed by atoms with E-state index < -0.39 is 11.9 Å². The maximum absolute atomic E-state index is 13.3. The number of aliphatic hydroxyl groups is 1. The molecule has 1 aliphatic rings. The third-order valence-corrected chi connectivity index (χ3v) is 4.38. The van der Waals surface area contributed by atoms with Crippen LogP contribution in [0.4, 0.5) is 4.39 Å². The molecule has 2 atom stereocenters. The van der Waals surface area contributed by atoms with E-state index in [-0.39, 0.29) is 6.10 Å². The Bertz CT molecular complexity index is 743. The van der Waals surface area contributed by atoms with Gasteiger partial charge in [0.1, 0.15) is 18.0 Å². The molecule has 0 aliphatic carbocycles. The van der Waals surface area contributed by atoms with Gasteiger partial charge in [-0.15, -0.1) is 0 Å². The van der Waals surface area contributed by atoms with Crippen LogP contribution in [0.3, 0.4) is 0 Å². The highest BCUT2D eigenvalue weighted by Crippen LogP contribution is 2.30. The van der Waals surface area contributed by atoms with E-state index in [0.717, 1.165) is 12.2 Å². The average molecular weight is 362 g/mol. The Balaban J connectivity index is 1.60. The Labute approximate surface area is 152 Å². The van der Waals surface area contributed by atoms with Crippen molar-refractivity contribution in [3.63, 3.8) is 0 Å². The van der Waals surface area contributed by atoms with Gasteiger partial charge in [-0.25, -0.2) is 9.37 Å². The van der Waals surface area contributed by atoms with Crippen LogP contribution >= 0.6 is 0 Å². The highest BCUT2D eigenvalue weighted by molar-refractivity contribution is 5.40. The number of piperidine rings is 1. The average Bonchev–Trinajstić information content (AvgIpc) is 2.65. The number of hydrogen-bond acceptors (Lipinski definition) is 6. The first-order chi connectivity index (χ1) is 12.6. The molecule has 0 radical (unpaired) electrons. The van der Waals surface area contributed by atoms with Gasteiger partial charge in [0.15, 0.2) is 11.5 Å². The molecule has 7 heteroatoms. The summed E-state index contributed by atoms with van der Waals surface area (Å²) in [5.41, 5.74) is 0.885. The molecule has 1 fully saturated rings. The number of likely N-dealkylation sites (tertiary alicyclic amines) is 1. The van der Waals surface area contributed by atoms with Gasteiger partial charge in [-0.05, 0) is 24.6 Å². The van der Waals surface area contributed by atoms with Crippen LogP contribution in [-0.2, 0) is 6.54 Å². The van der Waals surface area contributed by atoms with Gasteiger partial charge in [0.25, 0.3) is 0 Å². The molecule has 0 bridgehead atoms. The normalized spacial score (nSPS) is 20.6. The number of methoxy groups -OCH3 is 2. The lowest BCUT2D eigenvalue weighted by molar-refractivity contribution is -0.0286. The first kappa shape index (κ1) is 18.4. The van der Waals surface area contributed by atoms with Gasteiger partial charge in [0.05, 0.1) is 19.9 Å². The molecule has 0 spiro atoms. The fourth-order valence-electron chi connectivity index (χ4n) is 3.05. The van der Waals surface area contributed by atoms with E-state index in [1.807, 2.05) is 12.1 Å². The van der Waals surface area contributed by atoms with Gasteiger partial charge < -0.3 is 19.3 Å². The minimum absolute atomic E-state index is 0.320. The van der Waals surface area contributed by atoms with Gasteiger partial charge in [0, 0.05) is 31.8 Å². The molecule has 0 saturated carbocycles. The summed E-state index contributed by atoms with van der Waals surface area (Å²) in [6.45, 7) is 1.85. The van der Waals surface area contributed by atoms with E-state index in [4.69, 9.17) is 14.2 Å². The Morgan fingerprint density at radius 1 is 1.19 bits per heavy atom. The molecule has 0 unspecified atom stereocenters. The number of benzene rings is 1. The number of nitrogens with zero attached hydrogens (tertiary/aromatic N) is 2. The number of β-amino-alcohol motifs (C(OH)–C–C–N with tert-alkyl or cyclic N) is 1. The third kappa shape index (κ3) is 4.42. The first-order valence-electron chi connectivity index (χ1n) is 8.49. The van der Waals surface area contributed by atoms with Gasteiger partial charge >= 0.3 is 0 Å². The van der Waals surface area contributed by atoms with Crippen LogP contribution in [0.25, 0.3) is 0 Å². The second kappa shape index (κ2) is 8.33. The van der Waals surface area contributed by atoms with E-state index in [9.17, 15) is 9.50 Å². The van der Waals surface area contributed by atoms with Crippen molar-refractivity contribution in [1.29, 1.82) is 0 Å². The van der Waals surface area contributed by atoms with E-state index in [0.29, 0.717) is 36.9 Å². The highest BCUT2D eigenvalue weighted by Gasteiger charge is 2.30. The highest BCUT2D eigenvalue weighted by atomic mass is 19.1. The summed E-state index contributed by atoms with van der Waals surface area (Å²) in [5, 5.41) is 10.5. The number of aliphatic hydroxyl groups excluding tert-OH is 1. The van der Waals surface area contributed by atoms with Crippen LogP contribution in [0.2, 0.25) is 0 Å². The standard InChI is InChI=1S/C19H23FN2O4/c1-24-18-10-13(20)6-7-17(18)26-16-8-9-22(12-15(16)23)11-14-4-3-5-19(21-14)25-2/h3-7,10,15-16,23H,8-9,11-12H2,1-2H3/t15-,16-/m1/s1. The predicted octanol–water partition coefficient (Wildman–Crippen LogP) is 2.25. The van der Waals surface area contributed by atoms with Crippen LogP contribution < -0.4 is 14.2 Å². The maximum atomic E-state index is 13.3. The smallest absolute Gasteiger partial charge is 0.213 e. The molecule has 1 saturated heterocycles. The van der Waals surface area contributed by atoms with Crippen LogP contribution in [0.5, 0.6) is 17.4 Å².